The van der Waals surface area contributed by atoms with Gasteiger partial charge < -0.3 is 0 Å². The number of nitrogens with zero attached hydrogens (tertiary/aromatic N) is 3. The summed E-state index contributed by atoms with van der Waals surface area (Å²) in [4.78, 5) is 18.1. The van der Waals surface area contributed by atoms with Gasteiger partial charge in [-0.3, -0.25) is 15.6 Å². The third kappa shape index (κ3) is 5.46. The maximum atomic E-state index is 13.2. The highest BCUT2D eigenvalue weighted by atomic mass is 16.1. The number of hydrogen-bond acceptors (Lipinski definition) is 6. The number of anilines is 2. The second-order valence-corrected chi connectivity index (χ2v) is 9.16. The highest BCUT2D eigenvalue weighted by molar-refractivity contribution is 6.84. The number of carbonyl (C=O) groups is 1. The number of rotatable bonds is 5. The molecule has 0 heterocycles. The molecule has 1 saturated carbocycles. The van der Waals surface area contributed by atoms with Crippen molar-refractivity contribution in [3.63, 3.8) is 0 Å². The summed E-state index contributed by atoms with van der Waals surface area (Å²) in [5, 5.41) is 9.24. The smallest absolute Gasteiger partial charge is 0.186 e. The largest absolute Gasteiger partial charge is 0.292 e. The standard InChI is InChI=1S/C28H29N5O/c1-19-10-14-22(15-11-19)30-32-25-24(34)18-28(3,4)27(26(25)29-21-8-6-5-7-9-21)33-31-23-16-12-20(2)13-17-23/h5-17,30-31H,18H2,1-4H3/b29-26?,32-25+,33-27+. The van der Waals surface area contributed by atoms with Crippen LogP contribution >= 0.6 is 0 Å². The Balaban J connectivity index is 1.77. The summed E-state index contributed by atoms with van der Waals surface area (Å²) in [5.74, 6) is -0.0754. The van der Waals surface area contributed by atoms with Gasteiger partial charge in [-0.1, -0.05) is 67.4 Å². The fraction of sp³-hybridized carbons (Fsp3) is 0.214. The molecule has 6 nitrogen and oxygen atoms in total. The van der Waals surface area contributed by atoms with E-state index in [1.165, 1.54) is 5.56 Å². The van der Waals surface area contributed by atoms with Crippen LogP contribution < -0.4 is 10.9 Å². The van der Waals surface area contributed by atoms with Crippen molar-refractivity contribution in [1.82, 2.24) is 0 Å². The Morgan fingerprint density at radius 1 is 0.706 bits per heavy atom. The minimum Gasteiger partial charge on any atom is -0.292 e. The Kier molecular flexibility index (Phi) is 6.68. The van der Waals surface area contributed by atoms with Crippen molar-refractivity contribution in [2.24, 2.45) is 20.6 Å². The van der Waals surface area contributed by atoms with Crippen LogP contribution in [0.25, 0.3) is 0 Å². The summed E-state index contributed by atoms with van der Waals surface area (Å²) < 4.78 is 0. The van der Waals surface area contributed by atoms with Crippen LogP contribution in [0.3, 0.4) is 0 Å². The number of aryl methyl sites for hydroxylation is 2. The van der Waals surface area contributed by atoms with Crippen molar-refractivity contribution in [1.29, 1.82) is 0 Å². The third-order valence-corrected chi connectivity index (χ3v) is 5.65. The van der Waals surface area contributed by atoms with E-state index in [4.69, 9.17) is 10.1 Å². The normalized spacial score (nSPS) is 18.9. The number of aliphatic imine (C=N–C) groups is 1. The van der Waals surface area contributed by atoms with E-state index >= 15 is 0 Å². The Labute approximate surface area is 200 Å². The summed E-state index contributed by atoms with van der Waals surface area (Å²) in [6, 6.07) is 25.4. The maximum Gasteiger partial charge on any atom is 0.186 e. The van der Waals surface area contributed by atoms with Gasteiger partial charge in [0.2, 0.25) is 0 Å². The summed E-state index contributed by atoms with van der Waals surface area (Å²) >= 11 is 0. The average Bonchev–Trinajstić information content (AvgIpc) is 2.81. The van der Waals surface area contributed by atoms with Gasteiger partial charge in [-0.05, 0) is 50.2 Å². The first kappa shape index (κ1) is 23.1. The molecule has 2 N–H and O–H groups in total. The quantitative estimate of drug-likeness (QED) is 0.446. The van der Waals surface area contributed by atoms with Crippen molar-refractivity contribution in [2.45, 2.75) is 34.1 Å². The van der Waals surface area contributed by atoms with Crippen LogP contribution in [-0.2, 0) is 4.79 Å². The van der Waals surface area contributed by atoms with E-state index in [0.717, 1.165) is 22.6 Å². The highest BCUT2D eigenvalue weighted by Gasteiger charge is 2.42. The molecular formula is C28H29N5O. The Hall–Kier alpha value is -4.06. The van der Waals surface area contributed by atoms with E-state index in [-0.39, 0.29) is 17.9 Å². The number of ketones is 1. The number of Topliss-reactive ketones (excluding diaryl/α,β-unsaturated/α-hetero) is 1. The predicted molar refractivity (Wildman–Crippen MR) is 141 cm³/mol. The summed E-state index contributed by atoms with van der Waals surface area (Å²) in [7, 11) is 0. The monoisotopic (exact) mass is 451 g/mol. The van der Waals surface area contributed by atoms with Gasteiger partial charge in [0.25, 0.3) is 0 Å². The molecule has 0 aliphatic heterocycles. The molecule has 172 valence electrons. The average molecular weight is 452 g/mol. The molecule has 4 rings (SSSR count). The number of hydrazone groups is 2. The van der Waals surface area contributed by atoms with Crippen LogP contribution in [0.1, 0.15) is 31.4 Å². The Morgan fingerprint density at radius 3 is 1.79 bits per heavy atom. The molecule has 0 bridgehead atoms. The molecule has 1 aliphatic rings. The minimum atomic E-state index is -0.523. The fourth-order valence-corrected chi connectivity index (χ4v) is 3.69. The zero-order chi connectivity index (χ0) is 24.1. The molecule has 0 spiro atoms. The lowest BCUT2D eigenvalue weighted by molar-refractivity contribution is -0.114. The van der Waals surface area contributed by atoms with E-state index in [1.807, 2.05) is 107 Å². The number of para-hydroxylation sites is 1. The molecule has 0 aromatic heterocycles. The lowest BCUT2D eigenvalue weighted by Gasteiger charge is -2.32. The molecule has 6 heteroatoms. The molecule has 34 heavy (non-hydrogen) atoms. The molecule has 0 saturated heterocycles. The molecule has 0 amide bonds. The molecule has 0 atom stereocenters. The van der Waals surface area contributed by atoms with Crippen LogP contribution in [0.5, 0.6) is 0 Å². The van der Waals surface area contributed by atoms with Crippen LogP contribution in [0, 0.1) is 19.3 Å². The number of carbonyl (C=O) groups excluding carboxylic acids is 1. The third-order valence-electron chi connectivity index (χ3n) is 5.65. The van der Waals surface area contributed by atoms with Crippen molar-refractivity contribution >= 4 is 40.0 Å². The van der Waals surface area contributed by atoms with Crippen molar-refractivity contribution < 1.29 is 4.79 Å². The zero-order valence-corrected chi connectivity index (χ0v) is 20.0. The molecule has 3 aromatic carbocycles. The van der Waals surface area contributed by atoms with Crippen molar-refractivity contribution in [3.05, 3.63) is 90.0 Å². The Morgan fingerprint density at radius 2 is 1.24 bits per heavy atom. The lowest BCUT2D eigenvalue weighted by atomic mass is 9.73. The second kappa shape index (κ2) is 9.83. The first-order valence-electron chi connectivity index (χ1n) is 11.3. The predicted octanol–water partition coefficient (Wildman–Crippen LogP) is 6.31. The SMILES string of the molecule is Cc1ccc(N/N=C2\C(=O)CC(C)(C)/C(=N/Nc3ccc(C)cc3)C2=Nc2ccccc2)cc1. The summed E-state index contributed by atoms with van der Waals surface area (Å²) in [6.45, 7) is 8.08. The van der Waals surface area contributed by atoms with Gasteiger partial charge in [-0.15, -0.1) is 0 Å². The highest BCUT2D eigenvalue weighted by Crippen LogP contribution is 2.31. The number of nitrogens with one attached hydrogen (secondary N) is 2. The maximum absolute atomic E-state index is 13.2. The molecule has 1 aliphatic carbocycles. The molecule has 0 unspecified atom stereocenters. The zero-order valence-electron chi connectivity index (χ0n) is 20.0. The van der Waals surface area contributed by atoms with Crippen molar-refractivity contribution in [2.75, 3.05) is 10.9 Å². The second-order valence-electron chi connectivity index (χ2n) is 9.16. The van der Waals surface area contributed by atoms with Gasteiger partial charge in [0.1, 0.15) is 5.71 Å². The fourth-order valence-electron chi connectivity index (χ4n) is 3.69. The Bertz CT molecular complexity index is 1250. The van der Waals surface area contributed by atoms with Gasteiger partial charge >= 0.3 is 0 Å². The van der Waals surface area contributed by atoms with E-state index in [9.17, 15) is 4.79 Å². The van der Waals surface area contributed by atoms with Crippen LogP contribution in [0.4, 0.5) is 17.1 Å². The van der Waals surface area contributed by atoms with E-state index in [2.05, 4.69) is 16.0 Å². The molecular weight excluding hydrogens is 422 g/mol. The van der Waals surface area contributed by atoms with Crippen molar-refractivity contribution in [3.8, 4) is 0 Å². The van der Waals surface area contributed by atoms with Gasteiger partial charge in [0.05, 0.1) is 22.8 Å². The van der Waals surface area contributed by atoms with E-state index in [0.29, 0.717) is 11.4 Å². The first-order chi connectivity index (χ1) is 16.3. The number of benzene rings is 3. The molecule has 3 aromatic rings. The summed E-state index contributed by atoms with van der Waals surface area (Å²) in [5.41, 5.74) is 11.8. The van der Waals surface area contributed by atoms with Gasteiger partial charge in [-0.25, -0.2) is 4.99 Å². The van der Waals surface area contributed by atoms with Gasteiger partial charge in [0.15, 0.2) is 11.5 Å². The van der Waals surface area contributed by atoms with E-state index < -0.39 is 5.41 Å². The van der Waals surface area contributed by atoms with Crippen LogP contribution in [-0.4, -0.2) is 22.9 Å². The van der Waals surface area contributed by atoms with Gasteiger partial charge in [-0.2, -0.15) is 10.2 Å². The molecule has 1 fully saturated rings. The van der Waals surface area contributed by atoms with Gasteiger partial charge in [0, 0.05) is 11.8 Å². The summed E-state index contributed by atoms with van der Waals surface area (Å²) in [6.07, 6.45) is 0.281. The number of hydrogen-bond donors (Lipinski definition) is 2. The molecule has 0 radical (unpaired) electrons. The first-order valence-corrected chi connectivity index (χ1v) is 11.3. The van der Waals surface area contributed by atoms with E-state index in [1.54, 1.807) is 0 Å². The lowest BCUT2D eigenvalue weighted by Crippen LogP contribution is -2.47. The minimum absolute atomic E-state index is 0.0754. The van der Waals surface area contributed by atoms with Crippen LogP contribution in [0.15, 0.2) is 94.1 Å². The topological polar surface area (TPSA) is 78.2 Å². The van der Waals surface area contributed by atoms with Crippen LogP contribution in [0.2, 0.25) is 0 Å².